The Bertz CT molecular complexity index is 446. The largest absolute Gasteiger partial charge is 0.302 e. The molecule has 0 bridgehead atoms. The highest BCUT2D eigenvalue weighted by Crippen LogP contribution is 2.20. The van der Waals surface area contributed by atoms with E-state index in [1.165, 1.54) is 55.6 Å². The molecule has 1 rings (SSSR count). The first-order valence-corrected chi connectivity index (χ1v) is 9.30. The highest BCUT2D eigenvalue weighted by atomic mass is 15.6. The molecular formula is C20H38N3+. The summed E-state index contributed by atoms with van der Waals surface area (Å²) in [6.07, 6.45) is 5.17. The molecule has 0 radical (unpaired) electrons. The van der Waals surface area contributed by atoms with E-state index in [0.29, 0.717) is 0 Å². The van der Waals surface area contributed by atoms with Crippen molar-refractivity contribution in [1.82, 2.24) is 14.9 Å². The average molecular weight is 321 g/mol. The van der Waals surface area contributed by atoms with Gasteiger partial charge < -0.3 is 4.90 Å². The predicted molar refractivity (Wildman–Crippen MR) is 104 cm³/mol. The summed E-state index contributed by atoms with van der Waals surface area (Å²) in [4.78, 5) is 2.61. The summed E-state index contributed by atoms with van der Waals surface area (Å²) in [6.45, 7) is 13.5. The Hall–Kier alpha value is -0.900. The van der Waals surface area contributed by atoms with Crippen LogP contribution in [0.5, 0.6) is 0 Å². The molecule has 132 valence electrons. The summed E-state index contributed by atoms with van der Waals surface area (Å²) in [5.74, 6) is 0. The van der Waals surface area contributed by atoms with Gasteiger partial charge in [-0.25, -0.2) is 4.59 Å². The normalized spacial score (nSPS) is 12.1. The molecule has 0 aliphatic carbocycles. The summed E-state index contributed by atoms with van der Waals surface area (Å²) in [5, 5.41) is 0. The van der Waals surface area contributed by atoms with Gasteiger partial charge in [-0.3, -0.25) is 0 Å². The Kier molecular flexibility index (Phi) is 8.82. The molecular weight excluding hydrogens is 282 g/mol. The predicted octanol–water partition coefficient (Wildman–Crippen LogP) is 4.28. The number of nitrogens with one attached hydrogen (secondary N) is 1. The molecule has 3 nitrogen and oxygen atoms in total. The van der Waals surface area contributed by atoms with Crippen LogP contribution in [-0.2, 0) is 0 Å². The van der Waals surface area contributed by atoms with E-state index in [0.717, 1.165) is 17.7 Å². The van der Waals surface area contributed by atoms with E-state index in [-0.39, 0.29) is 0 Å². The SMILES string of the molecule is CCCCN(CCCC)CCN[N+](C)(C)c1ccc(C)c(C)c1. The summed E-state index contributed by atoms with van der Waals surface area (Å²) in [7, 11) is 4.46. The fourth-order valence-electron chi connectivity index (χ4n) is 2.75. The maximum Gasteiger partial charge on any atom is 0.151 e. The van der Waals surface area contributed by atoms with Crippen LogP contribution in [0.4, 0.5) is 5.69 Å². The van der Waals surface area contributed by atoms with Gasteiger partial charge in [0.25, 0.3) is 0 Å². The second-order valence-electron chi connectivity index (χ2n) is 7.18. The molecule has 1 aromatic carbocycles. The molecule has 0 amide bonds. The Morgan fingerprint density at radius 1 is 0.913 bits per heavy atom. The van der Waals surface area contributed by atoms with E-state index < -0.39 is 0 Å². The second-order valence-corrected chi connectivity index (χ2v) is 7.18. The lowest BCUT2D eigenvalue weighted by atomic mass is 10.1. The van der Waals surface area contributed by atoms with Crippen molar-refractivity contribution in [3.8, 4) is 0 Å². The van der Waals surface area contributed by atoms with Crippen LogP contribution in [0.25, 0.3) is 0 Å². The van der Waals surface area contributed by atoms with Crippen molar-refractivity contribution in [2.24, 2.45) is 0 Å². The number of unbranched alkanes of at least 4 members (excludes halogenated alkanes) is 2. The van der Waals surface area contributed by atoms with Crippen molar-refractivity contribution in [3.05, 3.63) is 29.3 Å². The Morgan fingerprint density at radius 2 is 1.52 bits per heavy atom. The molecule has 0 aliphatic heterocycles. The number of quaternary nitrogens is 1. The van der Waals surface area contributed by atoms with Gasteiger partial charge in [0.2, 0.25) is 0 Å². The van der Waals surface area contributed by atoms with E-state index in [1.54, 1.807) is 0 Å². The number of hydrogen-bond acceptors (Lipinski definition) is 2. The van der Waals surface area contributed by atoms with Gasteiger partial charge in [-0.2, -0.15) is 5.43 Å². The first-order chi connectivity index (χ1) is 10.9. The second kappa shape index (κ2) is 10.1. The van der Waals surface area contributed by atoms with Crippen molar-refractivity contribution in [2.45, 2.75) is 53.4 Å². The molecule has 0 aliphatic rings. The first kappa shape index (κ1) is 20.1. The molecule has 0 aromatic heterocycles. The van der Waals surface area contributed by atoms with Gasteiger partial charge in [0.15, 0.2) is 5.69 Å². The third kappa shape index (κ3) is 7.03. The first-order valence-electron chi connectivity index (χ1n) is 9.30. The van der Waals surface area contributed by atoms with Gasteiger partial charge in [-0.05, 0) is 50.9 Å². The summed E-state index contributed by atoms with van der Waals surface area (Å²) in [5.41, 5.74) is 7.75. The summed E-state index contributed by atoms with van der Waals surface area (Å²) < 4.78 is 0.733. The molecule has 0 saturated heterocycles. The summed E-state index contributed by atoms with van der Waals surface area (Å²) in [6, 6.07) is 6.76. The van der Waals surface area contributed by atoms with Gasteiger partial charge in [-0.1, -0.05) is 32.8 Å². The maximum atomic E-state index is 3.70. The number of aryl methyl sites for hydroxylation is 2. The third-order valence-electron chi connectivity index (χ3n) is 4.73. The average Bonchev–Trinajstić information content (AvgIpc) is 2.51. The Balaban J connectivity index is 2.54. The van der Waals surface area contributed by atoms with Crippen LogP contribution in [0.2, 0.25) is 0 Å². The molecule has 1 aromatic rings. The van der Waals surface area contributed by atoms with Crippen LogP contribution in [0.3, 0.4) is 0 Å². The van der Waals surface area contributed by atoms with Crippen molar-refractivity contribution in [2.75, 3.05) is 40.3 Å². The topological polar surface area (TPSA) is 15.3 Å². The molecule has 1 N–H and O–H groups in total. The van der Waals surface area contributed by atoms with Gasteiger partial charge >= 0.3 is 0 Å². The van der Waals surface area contributed by atoms with Gasteiger partial charge in [0.05, 0.1) is 20.6 Å². The molecule has 0 atom stereocenters. The van der Waals surface area contributed by atoms with Crippen LogP contribution in [-0.4, -0.2) is 45.2 Å². The van der Waals surface area contributed by atoms with Gasteiger partial charge in [0, 0.05) is 18.7 Å². The molecule has 0 saturated carbocycles. The highest BCUT2D eigenvalue weighted by molar-refractivity contribution is 5.46. The highest BCUT2D eigenvalue weighted by Gasteiger charge is 2.19. The van der Waals surface area contributed by atoms with Crippen LogP contribution in [0, 0.1) is 13.8 Å². The van der Waals surface area contributed by atoms with Crippen LogP contribution in [0.15, 0.2) is 18.2 Å². The van der Waals surface area contributed by atoms with Crippen molar-refractivity contribution in [1.29, 1.82) is 0 Å². The van der Waals surface area contributed by atoms with Gasteiger partial charge in [-0.15, -0.1) is 0 Å². The molecule has 0 unspecified atom stereocenters. The number of hydrogen-bond donors (Lipinski definition) is 1. The maximum absolute atomic E-state index is 3.70. The number of nitrogens with zero attached hydrogens (tertiary/aromatic N) is 2. The molecule has 0 heterocycles. The minimum atomic E-state index is 0.733. The van der Waals surface area contributed by atoms with Crippen LogP contribution in [0.1, 0.15) is 50.7 Å². The third-order valence-corrected chi connectivity index (χ3v) is 4.73. The van der Waals surface area contributed by atoms with E-state index >= 15 is 0 Å². The van der Waals surface area contributed by atoms with Crippen molar-refractivity contribution in [3.63, 3.8) is 0 Å². The lowest BCUT2D eigenvalue weighted by Gasteiger charge is -2.31. The zero-order valence-corrected chi connectivity index (χ0v) is 16.3. The van der Waals surface area contributed by atoms with E-state index in [2.05, 4.69) is 70.3 Å². The molecule has 0 spiro atoms. The zero-order valence-electron chi connectivity index (χ0n) is 16.3. The number of rotatable bonds is 11. The quantitative estimate of drug-likeness (QED) is 0.484. The van der Waals surface area contributed by atoms with E-state index in [9.17, 15) is 0 Å². The van der Waals surface area contributed by atoms with Crippen LogP contribution >= 0.6 is 0 Å². The molecule has 23 heavy (non-hydrogen) atoms. The molecule has 3 heteroatoms. The molecule has 0 fully saturated rings. The van der Waals surface area contributed by atoms with Crippen LogP contribution < -0.4 is 10.0 Å². The van der Waals surface area contributed by atoms with Crippen molar-refractivity contribution >= 4 is 5.69 Å². The Morgan fingerprint density at radius 3 is 2.04 bits per heavy atom. The fraction of sp³-hybridized carbons (Fsp3) is 0.700. The zero-order chi connectivity index (χ0) is 17.3. The standard InChI is InChI=1S/C20H38N3/c1-7-9-14-22(15-10-8-2)16-13-21-23(5,6)20-12-11-18(3)19(4)17-20/h11-12,17,21H,7-10,13-16H2,1-6H3/q+1. The number of benzene rings is 1. The Labute approximate surface area is 144 Å². The van der Waals surface area contributed by atoms with Crippen molar-refractivity contribution < 1.29 is 0 Å². The minimum Gasteiger partial charge on any atom is -0.302 e. The fourth-order valence-corrected chi connectivity index (χ4v) is 2.75. The monoisotopic (exact) mass is 320 g/mol. The van der Waals surface area contributed by atoms with Gasteiger partial charge in [0.1, 0.15) is 0 Å². The lowest BCUT2D eigenvalue weighted by Crippen LogP contribution is -2.55. The minimum absolute atomic E-state index is 0.733. The van der Waals surface area contributed by atoms with E-state index in [1.807, 2.05) is 0 Å². The summed E-state index contributed by atoms with van der Waals surface area (Å²) >= 11 is 0. The van der Waals surface area contributed by atoms with E-state index in [4.69, 9.17) is 0 Å². The smallest absolute Gasteiger partial charge is 0.151 e. The lowest BCUT2D eigenvalue weighted by molar-refractivity contribution is 0.223.